The second-order valence-electron chi connectivity index (χ2n) is 6.86. The minimum atomic E-state index is -0.653. The predicted octanol–water partition coefficient (Wildman–Crippen LogP) is 3.55. The molecule has 2 amide bonds. The van der Waals surface area contributed by atoms with Crippen molar-refractivity contribution in [1.29, 1.82) is 0 Å². The molecule has 0 heterocycles. The summed E-state index contributed by atoms with van der Waals surface area (Å²) >= 11 is 0. The van der Waals surface area contributed by atoms with Crippen LogP contribution in [0, 0.1) is 6.92 Å². The largest absolute Gasteiger partial charge is 0.344 e. The summed E-state index contributed by atoms with van der Waals surface area (Å²) in [6.07, 6.45) is 0. The predicted molar refractivity (Wildman–Crippen MR) is 96.8 cm³/mol. The van der Waals surface area contributed by atoms with Gasteiger partial charge in [-0.2, -0.15) is 0 Å². The standard InChI is InChI=1S/C20H24N2O2/c1-14-9-5-6-10-15(14)13-21-18(23)19(24)22-17-12-8-7-11-16(17)20(2,3)4/h5-12H,13H2,1-4H3,(H,21,23)(H,22,24). The Bertz CT molecular complexity index is 745. The maximum Gasteiger partial charge on any atom is 0.313 e. The fraction of sp³-hybridized carbons (Fsp3) is 0.300. The van der Waals surface area contributed by atoms with Crippen LogP contribution in [0.3, 0.4) is 0 Å². The zero-order valence-electron chi connectivity index (χ0n) is 14.6. The molecule has 0 saturated carbocycles. The van der Waals surface area contributed by atoms with E-state index in [4.69, 9.17) is 0 Å². The maximum atomic E-state index is 12.2. The van der Waals surface area contributed by atoms with Crippen molar-refractivity contribution in [3.8, 4) is 0 Å². The number of rotatable bonds is 3. The highest BCUT2D eigenvalue weighted by Gasteiger charge is 2.20. The van der Waals surface area contributed by atoms with Gasteiger partial charge in [0.25, 0.3) is 0 Å². The van der Waals surface area contributed by atoms with Gasteiger partial charge in [-0.15, -0.1) is 0 Å². The molecule has 0 saturated heterocycles. The summed E-state index contributed by atoms with van der Waals surface area (Å²) in [5, 5.41) is 5.38. The maximum absolute atomic E-state index is 12.2. The summed E-state index contributed by atoms with van der Waals surface area (Å²) in [5.74, 6) is -1.29. The van der Waals surface area contributed by atoms with Crippen LogP contribution in [-0.4, -0.2) is 11.8 Å². The average molecular weight is 324 g/mol. The van der Waals surface area contributed by atoms with E-state index < -0.39 is 11.8 Å². The van der Waals surface area contributed by atoms with Crippen molar-refractivity contribution in [3.63, 3.8) is 0 Å². The number of hydrogen-bond donors (Lipinski definition) is 2. The SMILES string of the molecule is Cc1ccccc1CNC(=O)C(=O)Nc1ccccc1C(C)(C)C. The topological polar surface area (TPSA) is 58.2 Å². The van der Waals surface area contributed by atoms with Gasteiger partial charge < -0.3 is 10.6 Å². The number of anilines is 1. The van der Waals surface area contributed by atoms with Crippen molar-refractivity contribution in [2.75, 3.05) is 5.32 Å². The van der Waals surface area contributed by atoms with Crippen molar-refractivity contribution >= 4 is 17.5 Å². The molecule has 0 unspecified atom stereocenters. The van der Waals surface area contributed by atoms with Gasteiger partial charge in [-0.1, -0.05) is 63.2 Å². The molecule has 2 aromatic carbocycles. The van der Waals surface area contributed by atoms with Gasteiger partial charge in [0.15, 0.2) is 0 Å². The van der Waals surface area contributed by atoms with Crippen LogP contribution in [0.4, 0.5) is 5.69 Å². The van der Waals surface area contributed by atoms with Gasteiger partial charge in [0.1, 0.15) is 0 Å². The van der Waals surface area contributed by atoms with Crippen molar-refractivity contribution < 1.29 is 9.59 Å². The highest BCUT2D eigenvalue weighted by Crippen LogP contribution is 2.29. The van der Waals surface area contributed by atoms with Crippen molar-refractivity contribution in [3.05, 3.63) is 65.2 Å². The first kappa shape index (κ1) is 17.7. The first-order chi connectivity index (χ1) is 11.3. The van der Waals surface area contributed by atoms with Crippen LogP contribution in [0.1, 0.15) is 37.5 Å². The van der Waals surface area contributed by atoms with Gasteiger partial charge in [-0.3, -0.25) is 9.59 Å². The minimum absolute atomic E-state index is 0.124. The normalized spacial score (nSPS) is 11.0. The highest BCUT2D eigenvalue weighted by atomic mass is 16.2. The summed E-state index contributed by atoms with van der Waals surface area (Å²) in [7, 11) is 0. The molecule has 0 spiro atoms. The van der Waals surface area contributed by atoms with E-state index in [2.05, 4.69) is 31.4 Å². The number of carbonyl (C=O) groups is 2. The van der Waals surface area contributed by atoms with Gasteiger partial charge in [-0.05, 0) is 35.1 Å². The monoisotopic (exact) mass is 324 g/mol. The average Bonchev–Trinajstić information content (AvgIpc) is 2.53. The molecule has 2 rings (SSSR count). The molecule has 126 valence electrons. The lowest BCUT2D eigenvalue weighted by atomic mass is 9.86. The third-order valence-electron chi connectivity index (χ3n) is 3.89. The second-order valence-corrected chi connectivity index (χ2v) is 6.86. The lowest BCUT2D eigenvalue weighted by molar-refractivity contribution is -0.136. The van der Waals surface area contributed by atoms with Gasteiger partial charge in [0.05, 0.1) is 0 Å². The third-order valence-corrected chi connectivity index (χ3v) is 3.89. The molecule has 2 N–H and O–H groups in total. The van der Waals surface area contributed by atoms with E-state index in [1.165, 1.54) is 0 Å². The van der Waals surface area contributed by atoms with Crippen LogP contribution in [0.5, 0.6) is 0 Å². The molecule has 0 aromatic heterocycles. The van der Waals surface area contributed by atoms with Crippen LogP contribution >= 0.6 is 0 Å². The van der Waals surface area contributed by atoms with E-state index in [9.17, 15) is 9.59 Å². The van der Waals surface area contributed by atoms with E-state index in [-0.39, 0.29) is 5.41 Å². The zero-order valence-corrected chi connectivity index (χ0v) is 14.6. The molecule has 0 aliphatic carbocycles. The molecule has 4 heteroatoms. The number of aryl methyl sites for hydroxylation is 1. The zero-order chi connectivity index (χ0) is 17.7. The van der Waals surface area contributed by atoms with E-state index in [1.54, 1.807) is 0 Å². The lowest BCUT2D eigenvalue weighted by Gasteiger charge is -2.22. The molecule has 0 radical (unpaired) electrons. The van der Waals surface area contributed by atoms with Crippen LogP contribution < -0.4 is 10.6 Å². The molecular formula is C20H24N2O2. The Morgan fingerprint density at radius 2 is 1.54 bits per heavy atom. The fourth-order valence-electron chi connectivity index (χ4n) is 2.49. The third kappa shape index (κ3) is 4.44. The molecule has 0 aliphatic heterocycles. The summed E-state index contributed by atoms with van der Waals surface area (Å²) < 4.78 is 0. The van der Waals surface area contributed by atoms with Crippen LogP contribution in [0.2, 0.25) is 0 Å². The molecule has 0 bridgehead atoms. The quantitative estimate of drug-likeness (QED) is 0.848. The summed E-state index contributed by atoms with van der Waals surface area (Å²) in [4.78, 5) is 24.2. The van der Waals surface area contributed by atoms with Crippen LogP contribution in [0.15, 0.2) is 48.5 Å². The smallest absolute Gasteiger partial charge is 0.313 e. The number of carbonyl (C=O) groups excluding carboxylic acids is 2. The number of para-hydroxylation sites is 1. The number of amides is 2. The minimum Gasteiger partial charge on any atom is -0.344 e. The second kappa shape index (κ2) is 7.30. The Balaban J connectivity index is 2.03. The fourth-order valence-corrected chi connectivity index (χ4v) is 2.49. The van der Waals surface area contributed by atoms with Crippen molar-refractivity contribution in [1.82, 2.24) is 5.32 Å². The Labute approximate surface area is 143 Å². The first-order valence-electron chi connectivity index (χ1n) is 8.02. The molecule has 0 fully saturated rings. The molecule has 2 aromatic rings. The van der Waals surface area contributed by atoms with Gasteiger partial charge in [0.2, 0.25) is 0 Å². The van der Waals surface area contributed by atoms with Gasteiger partial charge in [0, 0.05) is 12.2 Å². The Morgan fingerprint density at radius 3 is 2.21 bits per heavy atom. The number of nitrogens with one attached hydrogen (secondary N) is 2. The van der Waals surface area contributed by atoms with E-state index >= 15 is 0 Å². The van der Waals surface area contributed by atoms with Gasteiger partial charge in [-0.25, -0.2) is 0 Å². The first-order valence-corrected chi connectivity index (χ1v) is 8.02. The van der Waals surface area contributed by atoms with Crippen molar-refractivity contribution in [2.45, 2.75) is 39.7 Å². The summed E-state index contributed by atoms with van der Waals surface area (Å²) in [6.45, 7) is 8.50. The molecular weight excluding hydrogens is 300 g/mol. The Morgan fingerprint density at radius 1 is 0.917 bits per heavy atom. The summed E-state index contributed by atoms with van der Waals surface area (Å²) in [6, 6.07) is 15.3. The van der Waals surface area contributed by atoms with E-state index in [1.807, 2.05) is 55.5 Å². The van der Waals surface area contributed by atoms with Crippen LogP contribution in [0.25, 0.3) is 0 Å². The molecule has 0 aliphatic rings. The molecule has 24 heavy (non-hydrogen) atoms. The lowest BCUT2D eigenvalue weighted by Crippen LogP contribution is -2.35. The van der Waals surface area contributed by atoms with Gasteiger partial charge >= 0.3 is 11.8 Å². The van der Waals surface area contributed by atoms with E-state index in [0.29, 0.717) is 12.2 Å². The Kier molecular flexibility index (Phi) is 5.39. The molecule has 0 atom stereocenters. The Hall–Kier alpha value is -2.62. The van der Waals surface area contributed by atoms with Crippen molar-refractivity contribution in [2.24, 2.45) is 0 Å². The highest BCUT2D eigenvalue weighted by molar-refractivity contribution is 6.39. The molecule has 4 nitrogen and oxygen atoms in total. The van der Waals surface area contributed by atoms with Crippen LogP contribution in [-0.2, 0) is 21.5 Å². The summed E-state index contributed by atoms with van der Waals surface area (Å²) in [5.41, 5.74) is 3.61. The van der Waals surface area contributed by atoms with E-state index in [0.717, 1.165) is 16.7 Å². The number of benzene rings is 2. The number of hydrogen-bond acceptors (Lipinski definition) is 2.